The molecule has 0 unspecified atom stereocenters. The largest absolute Gasteiger partial charge is 0.454 e. The van der Waals surface area contributed by atoms with Gasteiger partial charge in [0.1, 0.15) is 11.6 Å². The minimum Gasteiger partial charge on any atom is -0.454 e. The molecule has 0 atom stereocenters. The second-order valence-electron chi connectivity index (χ2n) is 5.70. The zero-order valence-corrected chi connectivity index (χ0v) is 14.4. The number of fused-ring (bicyclic) bond motifs is 1. The molecule has 0 saturated carbocycles. The molecule has 3 rings (SSSR count). The van der Waals surface area contributed by atoms with Gasteiger partial charge in [0.05, 0.1) is 0 Å². The molecule has 1 aliphatic rings. The summed E-state index contributed by atoms with van der Waals surface area (Å²) in [6, 6.07) is 15.2. The Hall–Kier alpha value is -3.46. The number of nitrogens with zero attached hydrogens (tertiary/aromatic N) is 1. The van der Waals surface area contributed by atoms with Gasteiger partial charge in [-0.2, -0.15) is 5.26 Å². The van der Waals surface area contributed by atoms with Gasteiger partial charge in [-0.05, 0) is 35.7 Å². The van der Waals surface area contributed by atoms with Gasteiger partial charge in [0.25, 0.3) is 5.91 Å². The fourth-order valence-electron chi connectivity index (χ4n) is 2.60. The summed E-state index contributed by atoms with van der Waals surface area (Å²) in [5.74, 6) is 0.911. The molecule has 2 N–H and O–H groups in total. The molecule has 2 aromatic rings. The van der Waals surface area contributed by atoms with Crippen molar-refractivity contribution < 1.29 is 14.3 Å². The van der Waals surface area contributed by atoms with Crippen LogP contribution in [0, 0.1) is 11.3 Å². The fourth-order valence-corrected chi connectivity index (χ4v) is 2.60. The van der Waals surface area contributed by atoms with Crippen LogP contribution in [0.1, 0.15) is 18.1 Å². The van der Waals surface area contributed by atoms with E-state index in [0.717, 1.165) is 23.2 Å². The third-order valence-corrected chi connectivity index (χ3v) is 4.03. The summed E-state index contributed by atoms with van der Waals surface area (Å²) in [7, 11) is 0. The van der Waals surface area contributed by atoms with Gasteiger partial charge in [0.2, 0.25) is 6.79 Å². The first kappa shape index (κ1) is 17.4. The summed E-state index contributed by atoms with van der Waals surface area (Å²) in [6.45, 7) is 2.55. The van der Waals surface area contributed by atoms with Crippen molar-refractivity contribution in [2.75, 3.05) is 12.1 Å². The Morgan fingerprint density at radius 2 is 2.04 bits per heavy atom. The van der Waals surface area contributed by atoms with Crippen molar-refractivity contribution in [3.05, 3.63) is 65.4 Å². The van der Waals surface area contributed by atoms with Gasteiger partial charge < -0.3 is 20.1 Å². The number of anilines is 1. The third-order valence-electron chi connectivity index (χ3n) is 4.03. The van der Waals surface area contributed by atoms with Crippen LogP contribution < -0.4 is 20.1 Å². The number of amides is 1. The van der Waals surface area contributed by atoms with Crippen LogP contribution in [0.2, 0.25) is 0 Å². The topological polar surface area (TPSA) is 83.4 Å². The second-order valence-corrected chi connectivity index (χ2v) is 5.70. The zero-order valence-electron chi connectivity index (χ0n) is 14.4. The molecule has 0 bridgehead atoms. The van der Waals surface area contributed by atoms with Crippen molar-refractivity contribution in [2.24, 2.45) is 0 Å². The number of aryl methyl sites for hydroxylation is 1. The average molecular weight is 349 g/mol. The Balaban J connectivity index is 1.62. The van der Waals surface area contributed by atoms with E-state index in [-0.39, 0.29) is 12.4 Å². The van der Waals surface area contributed by atoms with E-state index in [0.29, 0.717) is 18.0 Å². The van der Waals surface area contributed by atoms with E-state index in [1.54, 1.807) is 6.07 Å². The predicted octanol–water partition coefficient (Wildman–Crippen LogP) is 3.11. The molecule has 2 aromatic carbocycles. The highest BCUT2D eigenvalue weighted by atomic mass is 16.7. The molecule has 1 amide bonds. The molecule has 1 heterocycles. The number of hydrogen-bond acceptors (Lipinski definition) is 5. The lowest BCUT2D eigenvalue weighted by molar-refractivity contribution is -0.117. The summed E-state index contributed by atoms with van der Waals surface area (Å²) >= 11 is 0. The summed E-state index contributed by atoms with van der Waals surface area (Å²) in [5.41, 5.74) is 2.87. The van der Waals surface area contributed by atoms with Crippen molar-refractivity contribution in [1.82, 2.24) is 5.32 Å². The third kappa shape index (κ3) is 3.95. The SMILES string of the molecule is CCc1ccccc1N/C=C(/C#N)C(=O)NCc1ccc2c(c1)OCO2. The number of ether oxygens (including phenoxy) is 2. The first-order valence-electron chi connectivity index (χ1n) is 8.32. The standard InChI is InChI=1S/C20H19N3O3/c1-2-15-5-3-4-6-17(15)22-12-16(10-21)20(24)23-11-14-7-8-18-19(9-14)26-13-25-18/h3-9,12,22H,2,11,13H2,1H3,(H,23,24)/b16-12-. The van der Waals surface area contributed by atoms with E-state index in [1.165, 1.54) is 6.20 Å². The van der Waals surface area contributed by atoms with Crippen LogP contribution in [0.3, 0.4) is 0 Å². The van der Waals surface area contributed by atoms with E-state index in [4.69, 9.17) is 9.47 Å². The molecular weight excluding hydrogens is 330 g/mol. The van der Waals surface area contributed by atoms with Gasteiger partial charge in [0.15, 0.2) is 11.5 Å². The van der Waals surface area contributed by atoms with Crippen LogP contribution in [-0.2, 0) is 17.8 Å². The monoisotopic (exact) mass is 349 g/mol. The van der Waals surface area contributed by atoms with Crippen LogP contribution in [0.5, 0.6) is 11.5 Å². The molecular formula is C20H19N3O3. The Kier molecular flexibility index (Phi) is 5.40. The molecule has 0 aliphatic carbocycles. The molecule has 0 aromatic heterocycles. The lowest BCUT2D eigenvalue weighted by Gasteiger charge is -2.08. The molecule has 0 saturated heterocycles. The highest BCUT2D eigenvalue weighted by Crippen LogP contribution is 2.32. The van der Waals surface area contributed by atoms with Crippen LogP contribution in [0.4, 0.5) is 5.69 Å². The van der Waals surface area contributed by atoms with E-state index in [1.807, 2.05) is 49.4 Å². The second kappa shape index (κ2) is 8.08. The van der Waals surface area contributed by atoms with Gasteiger partial charge in [0, 0.05) is 18.4 Å². The molecule has 0 radical (unpaired) electrons. The highest BCUT2D eigenvalue weighted by molar-refractivity contribution is 5.97. The molecule has 0 spiro atoms. The summed E-state index contributed by atoms with van der Waals surface area (Å²) < 4.78 is 10.6. The summed E-state index contributed by atoms with van der Waals surface area (Å²) in [5, 5.41) is 15.1. The molecule has 132 valence electrons. The lowest BCUT2D eigenvalue weighted by Crippen LogP contribution is -2.24. The predicted molar refractivity (Wildman–Crippen MR) is 97.6 cm³/mol. The number of carbonyl (C=O) groups excluding carboxylic acids is 1. The molecule has 26 heavy (non-hydrogen) atoms. The Bertz CT molecular complexity index is 884. The number of nitrogens with one attached hydrogen (secondary N) is 2. The van der Waals surface area contributed by atoms with Gasteiger partial charge in [-0.15, -0.1) is 0 Å². The number of para-hydroxylation sites is 1. The Morgan fingerprint density at radius 1 is 1.23 bits per heavy atom. The van der Waals surface area contributed by atoms with E-state index < -0.39 is 5.91 Å². The van der Waals surface area contributed by atoms with Gasteiger partial charge in [-0.1, -0.05) is 31.2 Å². The van der Waals surface area contributed by atoms with Crippen LogP contribution in [-0.4, -0.2) is 12.7 Å². The zero-order chi connectivity index (χ0) is 18.4. The number of hydrogen-bond donors (Lipinski definition) is 2. The number of nitriles is 1. The van der Waals surface area contributed by atoms with Crippen molar-refractivity contribution >= 4 is 11.6 Å². The van der Waals surface area contributed by atoms with Crippen LogP contribution >= 0.6 is 0 Å². The fraction of sp³-hybridized carbons (Fsp3) is 0.200. The average Bonchev–Trinajstić information content (AvgIpc) is 3.15. The first-order valence-corrected chi connectivity index (χ1v) is 8.32. The maximum absolute atomic E-state index is 12.3. The Labute approximate surface area is 152 Å². The number of benzene rings is 2. The first-order chi connectivity index (χ1) is 12.7. The van der Waals surface area contributed by atoms with Crippen molar-refractivity contribution in [3.8, 4) is 17.6 Å². The molecule has 0 fully saturated rings. The normalized spacial score (nSPS) is 12.4. The van der Waals surface area contributed by atoms with Crippen LogP contribution in [0.15, 0.2) is 54.2 Å². The van der Waals surface area contributed by atoms with Crippen molar-refractivity contribution in [1.29, 1.82) is 5.26 Å². The quantitative estimate of drug-likeness (QED) is 0.618. The maximum Gasteiger partial charge on any atom is 0.263 e. The van der Waals surface area contributed by atoms with Gasteiger partial charge in [-0.3, -0.25) is 4.79 Å². The molecule has 6 heteroatoms. The summed E-state index contributed by atoms with van der Waals surface area (Å²) in [6.07, 6.45) is 2.29. The highest BCUT2D eigenvalue weighted by Gasteiger charge is 2.14. The summed E-state index contributed by atoms with van der Waals surface area (Å²) in [4.78, 5) is 12.3. The molecule has 6 nitrogen and oxygen atoms in total. The Morgan fingerprint density at radius 3 is 2.85 bits per heavy atom. The van der Waals surface area contributed by atoms with Crippen molar-refractivity contribution in [3.63, 3.8) is 0 Å². The van der Waals surface area contributed by atoms with E-state index in [2.05, 4.69) is 10.6 Å². The minimum absolute atomic E-state index is 0.0108. The minimum atomic E-state index is -0.438. The van der Waals surface area contributed by atoms with Crippen LogP contribution in [0.25, 0.3) is 0 Å². The number of rotatable bonds is 6. The van der Waals surface area contributed by atoms with Gasteiger partial charge in [-0.25, -0.2) is 0 Å². The number of carbonyl (C=O) groups is 1. The molecule has 1 aliphatic heterocycles. The van der Waals surface area contributed by atoms with E-state index >= 15 is 0 Å². The maximum atomic E-state index is 12.3. The van der Waals surface area contributed by atoms with Crippen molar-refractivity contribution in [2.45, 2.75) is 19.9 Å². The van der Waals surface area contributed by atoms with Gasteiger partial charge >= 0.3 is 0 Å². The smallest absolute Gasteiger partial charge is 0.263 e. The van der Waals surface area contributed by atoms with E-state index in [9.17, 15) is 10.1 Å². The lowest BCUT2D eigenvalue weighted by atomic mass is 10.1.